The van der Waals surface area contributed by atoms with E-state index in [1.165, 1.54) is 0 Å². The second kappa shape index (κ2) is 5.68. The lowest BCUT2D eigenvalue weighted by molar-refractivity contribution is -0.143. The molecule has 1 aromatic carbocycles. The van der Waals surface area contributed by atoms with Crippen molar-refractivity contribution < 1.29 is 14.6 Å². The predicted octanol–water partition coefficient (Wildman–Crippen LogP) is 1.96. The van der Waals surface area contributed by atoms with Crippen LogP contribution in [-0.4, -0.2) is 17.7 Å². The van der Waals surface area contributed by atoms with Crippen molar-refractivity contribution in [1.29, 1.82) is 0 Å². The standard InChI is InChI=1S/C13H19NO3/c1-4-17-12(16)7-11(14)13-8(2)5-10(15)6-9(13)3/h5-6,11,15H,4,7,14H2,1-3H3/t11-/m1/s1. The molecule has 0 aliphatic rings. The summed E-state index contributed by atoms with van der Waals surface area (Å²) in [4.78, 5) is 11.4. The van der Waals surface area contributed by atoms with E-state index < -0.39 is 6.04 Å². The molecule has 94 valence electrons. The minimum atomic E-state index is -0.394. The second-order valence-corrected chi connectivity index (χ2v) is 4.11. The summed E-state index contributed by atoms with van der Waals surface area (Å²) in [7, 11) is 0. The van der Waals surface area contributed by atoms with E-state index in [0.29, 0.717) is 6.61 Å². The Labute approximate surface area is 101 Å². The number of esters is 1. The molecule has 1 aromatic rings. The number of carbonyl (C=O) groups excluding carboxylic acids is 1. The minimum absolute atomic E-state index is 0.153. The van der Waals surface area contributed by atoms with E-state index in [-0.39, 0.29) is 18.1 Å². The quantitative estimate of drug-likeness (QED) is 0.785. The third kappa shape index (κ3) is 3.46. The van der Waals surface area contributed by atoms with E-state index >= 15 is 0 Å². The molecule has 0 aromatic heterocycles. The van der Waals surface area contributed by atoms with Crippen LogP contribution >= 0.6 is 0 Å². The number of ether oxygens (including phenoxy) is 1. The van der Waals surface area contributed by atoms with Gasteiger partial charge in [0.25, 0.3) is 0 Å². The minimum Gasteiger partial charge on any atom is -0.508 e. The highest BCUT2D eigenvalue weighted by Crippen LogP contribution is 2.26. The molecule has 0 unspecified atom stereocenters. The number of hydrogen-bond acceptors (Lipinski definition) is 4. The van der Waals surface area contributed by atoms with Gasteiger partial charge in [0.1, 0.15) is 5.75 Å². The van der Waals surface area contributed by atoms with Crippen molar-refractivity contribution in [2.75, 3.05) is 6.61 Å². The molecule has 0 saturated carbocycles. The van der Waals surface area contributed by atoms with Crippen LogP contribution in [-0.2, 0) is 9.53 Å². The molecule has 0 heterocycles. The fourth-order valence-corrected chi connectivity index (χ4v) is 2.04. The van der Waals surface area contributed by atoms with Crippen LogP contribution in [0.15, 0.2) is 12.1 Å². The number of nitrogens with two attached hydrogens (primary N) is 1. The fraction of sp³-hybridized carbons (Fsp3) is 0.462. The average molecular weight is 237 g/mol. The van der Waals surface area contributed by atoms with Gasteiger partial charge in [-0.1, -0.05) is 0 Å². The molecule has 17 heavy (non-hydrogen) atoms. The normalized spacial score (nSPS) is 12.2. The molecular weight excluding hydrogens is 218 g/mol. The summed E-state index contributed by atoms with van der Waals surface area (Å²) in [6, 6.07) is 2.90. The van der Waals surface area contributed by atoms with Gasteiger partial charge < -0.3 is 15.6 Å². The molecule has 0 aliphatic heterocycles. The van der Waals surface area contributed by atoms with Crippen molar-refractivity contribution in [2.24, 2.45) is 5.73 Å². The van der Waals surface area contributed by atoms with E-state index in [0.717, 1.165) is 16.7 Å². The molecule has 0 saturated heterocycles. The zero-order valence-electron chi connectivity index (χ0n) is 10.5. The van der Waals surface area contributed by atoms with Gasteiger partial charge in [-0.25, -0.2) is 0 Å². The molecule has 3 N–H and O–H groups in total. The molecule has 4 heteroatoms. The maximum Gasteiger partial charge on any atom is 0.307 e. The van der Waals surface area contributed by atoms with Crippen LogP contribution in [0.4, 0.5) is 0 Å². The first-order valence-electron chi connectivity index (χ1n) is 5.67. The van der Waals surface area contributed by atoms with Crippen LogP contribution in [0.3, 0.4) is 0 Å². The highest BCUT2D eigenvalue weighted by Gasteiger charge is 2.17. The lowest BCUT2D eigenvalue weighted by atomic mass is 9.94. The third-order valence-electron chi connectivity index (χ3n) is 2.64. The Hall–Kier alpha value is -1.55. The third-order valence-corrected chi connectivity index (χ3v) is 2.64. The monoisotopic (exact) mass is 237 g/mol. The molecule has 0 radical (unpaired) electrons. The number of benzene rings is 1. The highest BCUT2D eigenvalue weighted by molar-refractivity contribution is 5.70. The van der Waals surface area contributed by atoms with Crippen molar-refractivity contribution >= 4 is 5.97 Å². The van der Waals surface area contributed by atoms with Crippen molar-refractivity contribution in [2.45, 2.75) is 33.2 Å². The van der Waals surface area contributed by atoms with Crippen LogP contribution in [0, 0.1) is 13.8 Å². The molecule has 4 nitrogen and oxygen atoms in total. The summed E-state index contributed by atoms with van der Waals surface area (Å²) in [5, 5.41) is 9.43. The topological polar surface area (TPSA) is 72.5 Å². The van der Waals surface area contributed by atoms with Gasteiger partial charge in [0.15, 0.2) is 0 Å². The summed E-state index contributed by atoms with van der Waals surface area (Å²) >= 11 is 0. The molecule has 0 bridgehead atoms. The van der Waals surface area contributed by atoms with Crippen LogP contribution in [0.25, 0.3) is 0 Å². The zero-order valence-corrected chi connectivity index (χ0v) is 10.5. The van der Waals surface area contributed by atoms with Gasteiger partial charge in [0.05, 0.1) is 13.0 Å². The lowest BCUT2D eigenvalue weighted by Crippen LogP contribution is -2.19. The molecule has 0 amide bonds. The number of carbonyl (C=O) groups is 1. The summed E-state index contributed by atoms with van der Waals surface area (Å²) in [6.07, 6.45) is 0.153. The second-order valence-electron chi connectivity index (χ2n) is 4.11. The van der Waals surface area contributed by atoms with Crippen molar-refractivity contribution in [3.8, 4) is 5.75 Å². The van der Waals surface area contributed by atoms with E-state index in [9.17, 15) is 9.90 Å². The largest absolute Gasteiger partial charge is 0.508 e. The van der Waals surface area contributed by atoms with E-state index in [4.69, 9.17) is 10.5 Å². The Bertz CT molecular complexity index is 392. The maximum atomic E-state index is 11.4. The van der Waals surface area contributed by atoms with E-state index in [2.05, 4.69) is 0 Å². The van der Waals surface area contributed by atoms with E-state index in [1.54, 1.807) is 19.1 Å². The number of aryl methyl sites for hydroxylation is 2. The Kier molecular flexibility index (Phi) is 4.52. The Morgan fingerprint density at radius 2 is 1.94 bits per heavy atom. The fourth-order valence-electron chi connectivity index (χ4n) is 2.04. The summed E-state index contributed by atoms with van der Waals surface area (Å²) in [5.41, 5.74) is 8.67. The van der Waals surface area contributed by atoms with Crippen molar-refractivity contribution in [3.63, 3.8) is 0 Å². The maximum absolute atomic E-state index is 11.4. The first-order chi connectivity index (χ1) is 7.95. The lowest BCUT2D eigenvalue weighted by Gasteiger charge is -2.17. The van der Waals surface area contributed by atoms with Gasteiger partial charge in [-0.05, 0) is 49.6 Å². The van der Waals surface area contributed by atoms with Crippen LogP contribution < -0.4 is 5.73 Å². The first kappa shape index (κ1) is 13.5. The number of phenolic OH excluding ortho intramolecular Hbond substituents is 1. The van der Waals surface area contributed by atoms with Crippen LogP contribution in [0.1, 0.15) is 36.1 Å². The molecule has 1 atom stereocenters. The smallest absolute Gasteiger partial charge is 0.307 e. The molecule has 1 rings (SSSR count). The average Bonchev–Trinajstić information content (AvgIpc) is 2.15. The van der Waals surface area contributed by atoms with Gasteiger partial charge in [0, 0.05) is 6.04 Å². The SMILES string of the molecule is CCOC(=O)C[C@@H](N)c1c(C)cc(O)cc1C. The number of rotatable bonds is 4. The Morgan fingerprint density at radius 1 is 1.41 bits per heavy atom. The van der Waals surface area contributed by atoms with Crippen LogP contribution in [0.5, 0.6) is 5.75 Å². The molecule has 0 fully saturated rings. The van der Waals surface area contributed by atoms with Crippen molar-refractivity contribution in [3.05, 3.63) is 28.8 Å². The zero-order chi connectivity index (χ0) is 13.0. The molecular formula is C13H19NO3. The number of aromatic hydroxyl groups is 1. The summed E-state index contributed by atoms with van der Waals surface area (Å²) in [6.45, 7) is 5.86. The summed E-state index contributed by atoms with van der Waals surface area (Å²) in [5.74, 6) is -0.0843. The van der Waals surface area contributed by atoms with Crippen LogP contribution in [0.2, 0.25) is 0 Å². The van der Waals surface area contributed by atoms with Gasteiger partial charge in [-0.15, -0.1) is 0 Å². The predicted molar refractivity (Wildman–Crippen MR) is 65.8 cm³/mol. The summed E-state index contributed by atoms with van der Waals surface area (Å²) < 4.78 is 4.87. The van der Waals surface area contributed by atoms with Gasteiger partial charge >= 0.3 is 5.97 Å². The highest BCUT2D eigenvalue weighted by atomic mass is 16.5. The Balaban J connectivity index is 2.89. The Morgan fingerprint density at radius 3 is 2.41 bits per heavy atom. The number of phenols is 1. The molecule has 0 spiro atoms. The van der Waals surface area contributed by atoms with E-state index in [1.807, 2.05) is 13.8 Å². The van der Waals surface area contributed by atoms with Crippen molar-refractivity contribution in [1.82, 2.24) is 0 Å². The number of hydrogen-bond donors (Lipinski definition) is 2. The van der Waals surface area contributed by atoms with Gasteiger partial charge in [0.2, 0.25) is 0 Å². The van der Waals surface area contributed by atoms with Gasteiger partial charge in [-0.2, -0.15) is 0 Å². The first-order valence-corrected chi connectivity index (χ1v) is 5.67. The molecule has 0 aliphatic carbocycles. The van der Waals surface area contributed by atoms with Gasteiger partial charge in [-0.3, -0.25) is 4.79 Å².